The highest BCUT2D eigenvalue weighted by Gasteiger charge is 2.54. The lowest BCUT2D eigenvalue weighted by molar-refractivity contribution is -0.445. The van der Waals surface area contributed by atoms with E-state index in [0.717, 1.165) is 19.3 Å². The van der Waals surface area contributed by atoms with E-state index in [1.54, 1.807) is 0 Å². The van der Waals surface area contributed by atoms with Crippen LogP contribution < -0.4 is 5.73 Å². The van der Waals surface area contributed by atoms with E-state index in [1.165, 1.54) is 7.05 Å². The summed E-state index contributed by atoms with van der Waals surface area (Å²) in [5.41, 5.74) is 4.37. The Kier molecular flexibility index (Phi) is 8.64. The normalized spacial score (nSPS) is 15.8. The minimum atomic E-state index is -0.460. The fraction of sp³-hybridized carbons (Fsp3) is 0.913. The highest BCUT2D eigenvalue weighted by Crippen LogP contribution is 2.55. The second-order valence-electron chi connectivity index (χ2n) is 11.5. The van der Waals surface area contributed by atoms with Gasteiger partial charge in [0.05, 0.1) is 10.7 Å². The first kappa shape index (κ1) is 26.7. The molecule has 0 heterocycles. The van der Waals surface area contributed by atoms with Gasteiger partial charge in [-0.1, -0.05) is 82.1 Å². The summed E-state index contributed by atoms with van der Waals surface area (Å²) < 4.78 is 0.469. The van der Waals surface area contributed by atoms with Crippen molar-refractivity contribution < 1.29 is 14.3 Å². The molecule has 0 aromatic rings. The molecule has 0 saturated heterocycles. The summed E-state index contributed by atoms with van der Waals surface area (Å²) in [5, 5.41) is 0. The number of nitrogens with two attached hydrogens (primary N) is 1. The van der Waals surface area contributed by atoms with E-state index in [2.05, 4.69) is 48.5 Å². The van der Waals surface area contributed by atoms with Gasteiger partial charge in [0.1, 0.15) is 0 Å². The van der Waals surface area contributed by atoms with Crippen LogP contribution in [0.25, 0.3) is 0 Å². The number of rotatable bonds is 10. The average molecular weight is 398 g/mol. The molecule has 0 fully saturated rings. The van der Waals surface area contributed by atoms with Crippen molar-refractivity contribution in [3.05, 3.63) is 4.91 Å². The predicted octanol–water partition coefficient (Wildman–Crippen LogP) is 5.34. The van der Waals surface area contributed by atoms with E-state index in [0.29, 0.717) is 11.2 Å². The highest BCUT2D eigenvalue weighted by molar-refractivity contribution is 5.78. The molecule has 164 valence electrons. The molecule has 0 aliphatic carbocycles. The van der Waals surface area contributed by atoms with E-state index in [1.807, 2.05) is 20.8 Å². The molecule has 0 spiro atoms. The van der Waals surface area contributed by atoms with Gasteiger partial charge in [-0.2, -0.15) is 0 Å². The summed E-state index contributed by atoms with van der Waals surface area (Å²) in [5.74, 6) is -1.48. The number of hydrogen-bond acceptors (Lipinski definition) is 3. The highest BCUT2D eigenvalue weighted by atomic mass is 16.3. The first-order valence-electron chi connectivity index (χ1n) is 10.6. The first-order valence-corrected chi connectivity index (χ1v) is 10.6. The maximum atomic E-state index is 12.9. The summed E-state index contributed by atoms with van der Waals surface area (Å²) in [6, 6.07) is 0. The molecule has 2 unspecified atom stereocenters. The lowest BCUT2D eigenvalue weighted by Gasteiger charge is -2.52. The van der Waals surface area contributed by atoms with Gasteiger partial charge in [-0.05, 0) is 34.5 Å². The zero-order chi connectivity index (χ0) is 22.7. The second-order valence-corrected chi connectivity index (χ2v) is 11.5. The second kappa shape index (κ2) is 9.04. The number of nitrogens with zero attached hydrogens (tertiary/aromatic N) is 1. The van der Waals surface area contributed by atoms with Crippen molar-refractivity contribution in [3.63, 3.8) is 0 Å². The topological polar surface area (TPSA) is 80.2 Å². The van der Waals surface area contributed by atoms with E-state index in [9.17, 15) is 14.5 Å². The van der Waals surface area contributed by atoms with Gasteiger partial charge >= 0.3 is 5.91 Å². The third-order valence-corrected chi connectivity index (χ3v) is 7.06. The number of nitroso groups, excluding NO2 is 1. The number of primary amides is 1. The third kappa shape index (κ3) is 6.12. The summed E-state index contributed by atoms with van der Waals surface area (Å²) in [6.45, 7) is 20.7. The lowest BCUT2D eigenvalue weighted by atomic mass is 9.51. The SMILES string of the molecule is CCCCC(C)(C)C(CC(C)(C)C(C)(C)C(C(N)=O)C(C)(C)C)C(=O)[N+](C)=O. The van der Waals surface area contributed by atoms with Crippen LogP contribution in [0.4, 0.5) is 0 Å². The maximum Gasteiger partial charge on any atom is 0.436 e. The Balaban J connectivity index is 6.16. The summed E-state index contributed by atoms with van der Waals surface area (Å²) in [6.07, 6.45) is 3.46. The molecular weight excluding hydrogens is 352 g/mol. The van der Waals surface area contributed by atoms with Crippen LogP contribution in [0.1, 0.15) is 94.9 Å². The van der Waals surface area contributed by atoms with Gasteiger partial charge in [0.2, 0.25) is 5.91 Å². The quantitative estimate of drug-likeness (QED) is 0.505. The first-order chi connectivity index (χ1) is 12.3. The molecule has 2 N–H and O–H groups in total. The van der Waals surface area contributed by atoms with Crippen LogP contribution in [0.3, 0.4) is 0 Å². The summed E-state index contributed by atoms with van der Waals surface area (Å²) in [7, 11) is 1.28. The van der Waals surface area contributed by atoms with Gasteiger partial charge in [-0.25, -0.2) is 4.79 Å². The van der Waals surface area contributed by atoms with Crippen molar-refractivity contribution >= 4 is 11.8 Å². The van der Waals surface area contributed by atoms with Crippen molar-refractivity contribution in [1.29, 1.82) is 0 Å². The van der Waals surface area contributed by atoms with Crippen LogP contribution >= 0.6 is 0 Å². The predicted molar refractivity (Wildman–Crippen MR) is 116 cm³/mol. The summed E-state index contributed by atoms with van der Waals surface area (Å²) in [4.78, 5) is 37.2. The molecular formula is C23H45N2O3+. The van der Waals surface area contributed by atoms with Crippen molar-refractivity contribution in [1.82, 2.24) is 0 Å². The molecule has 5 nitrogen and oxygen atoms in total. The molecule has 0 aromatic heterocycles. The third-order valence-electron chi connectivity index (χ3n) is 7.06. The Morgan fingerprint density at radius 3 is 1.75 bits per heavy atom. The molecule has 0 aliphatic rings. The van der Waals surface area contributed by atoms with E-state index < -0.39 is 11.3 Å². The van der Waals surface area contributed by atoms with E-state index in [4.69, 9.17) is 5.73 Å². The molecule has 0 saturated carbocycles. The minimum absolute atomic E-state index is 0.303. The number of carbonyl (C=O) groups is 2. The van der Waals surface area contributed by atoms with Crippen LogP contribution in [0, 0.1) is 38.4 Å². The Labute approximate surface area is 172 Å². The van der Waals surface area contributed by atoms with Crippen LogP contribution in [-0.4, -0.2) is 23.6 Å². The maximum absolute atomic E-state index is 12.9. The molecule has 5 heteroatoms. The largest absolute Gasteiger partial charge is 0.436 e. The smallest absolute Gasteiger partial charge is 0.369 e. The van der Waals surface area contributed by atoms with Gasteiger partial charge in [0, 0.05) is 10.8 Å². The Hall–Kier alpha value is -1.26. The molecule has 28 heavy (non-hydrogen) atoms. The Morgan fingerprint density at radius 2 is 1.43 bits per heavy atom. The number of carbonyl (C=O) groups excluding carboxylic acids is 2. The Morgan fingerprint density at radius 1 is 0.964 bits per heavy atom. The van der Waals surface area contributed by atoms with Gasteiger partial charge in [-0.3, -0.25) is 4.79 Å². The van der Waals surface area contributed by atoms with Crippen molar-refractivity contribution in [3.8, 4) is 0 Å². The summed E-state index contributed by atoms with van der Waals surface area (Å²) >= 11 is 0. The van der Waals surface area contributed by atoms with Crippen molar-refractivity contribution in [2.24, 2.45) is 39.2 Å². The molecule has 2 amide bonds. The number of hydrogen-bond donors (Lipinski definition) is 1. The van der Waals surface area contributed by atoms with Crippen molar-refractivity contribution in [2.75, 3.05) is 7.05 Å². The molecule has 0 bridgehead atoms. The van der Waals surface area contributed by atoms with Crippen LogP contribution in [0.5, 0.6) is 0 Å². The van der Waals surface area contributed by atoms with Crippen LogP contribution in [0.2, 0.25) is 0 Å². The van der Waals surface area contributed by atoms with Gasteiger partial charge in [-0.15, -0.1) is 0 Å². The fourth-order valence-electron chi connectivity index (χ4n) is 4.75. The zero-order valence-corrected chi connectivity index (χ0v) is 20.2. The molecule has 2 atom stereocenters. The molecule has 0 rings (SSSR count). The Bertz CT molecular complexity index is 583. The molecule has 0 radical (unpaired) electrons. The van der Waals surface area contributed by atoms with Crippen LogP contribution in [0.15, 0.2) is 0 Å². The van der Waals surface area contributed by atoms with Crippen molar-refractivity contribution in [2.45, 2.75) is 94.9 Å². The number of amides is 2. The van der Waals surface area contributed by atoms with E-state index in [-0.39, 0.29) is 34.0 Å². The van der Waals surface area contributed by atoms with Gasteiger partial charge < -0.3 is 5.73 Å². The molecule has 0 aliphatic heterocycles. The van der Waals surface area contributed by atoms with Crippen LogP contribution in [-0.2, 0) is 9.59 Å². The monoisotopic (exact) mass is 397 g/mol. The van der Waals surface area contributed by atoms with E-state index >= 15 is 0 Å². The fourth-order valence-corrected chi connectivity index (χ4v) is 4.75. The minimum Gasteiger partial charge on any atom is -0.369 e. The standard InChI is InChI=1S/C23H44N2O3/c1-12-13-14-21(5,6)16(19(27)25(11)28)15-22(7,8)23(9,10)17(18(24)26)20(2,3)4/h16-17H,12-15H2,1-11H3,(H-,24,26)/p+1. The lowest BCUT2D eigenvalue weighted by Crippen LogP contribution is -2.52. The van der Waals surface area contributed by atoms with Gasteiger partial charge in [0.15, 0.2) is 7.05 Å². The van der Waals surface area contributed by atoms with Gasteiger partial charge in [0.25, 0.3) is 0 Å². The molecule has 0 aromatic carbocycles. The number of unbranched alkanes of at least 4 members (excludes halogenated alkanes) is 1. The average Bonchev–Trinajstić information content (AvgIpc) is 2.47. The zero-order valence-electron chi connectivity index (χ0n) is 20.2.